The highest BCUT2D eigenvalue weighted by molar-refractivity contribution is 7.72. The summed E-state index contributed by atoms with van der Waals surface area (Å²) >= 11 is 0. The van der Waals surface area contributed by atoms with E-state index in [4.69, 9.17) is 0 Å². The fraction of sp³-hybridized carbons (Fsp3) is 0.750. The van der Waals surface area contributed by atoms with Crippen LogP contribution in [0, 0.1) is 0 Å². The summed E-state index contributed by atoms with van der Waals surface area (Å²) in [4.78, 5) is 0. The Labute approximate surface area is 54.9 Å². The molecule has 54 valence electrons. The van der Waals surface area contributed by atoms with Gasteiger partial charge in [-0.3, -0.25) is 0 Å². The van der Waals surface area contributed by atoms with E-state index in [0.29, 0.717) is 0 Å². The predicted molar refractivity (Wildman–Crippen MR) is 32.8 cm³/mol. The fourth-order valence-corrected chi connectivity index (χ4v) is 0.643. The van der Waals surface area contributed by atoms with E-state index < -0.39 is 10.3 Å². The molecule has 0 rings (SSSR count). The average molecular weight is 152 g/mol. The zero-order valence-electron chi connectivity index (χ0n) is 5.25. The van der Waals surface area contributed by atoms with Gasteiger partial charge in [-0.25, -0.2) is 0 Å². The molecule has 0 saturated carbocycles. The molecule has 0 atom stereocenters. The van der Waals surface area contributed by atoms with Crippen molar-refractivity contribution in [2.24, 2.45) is 0 Å². The van der Waals surface area contributed by atoms with E-state index in [9.17, 15) is 8.42 Å². The summed E-state index contributed by atoms with van der Waals surface area (Å²) in [7, 11) is 0.393. The van der Waals surface area contributed by atoms with E-state index >= 15 is 0 Å². The monoisotopic (exact) mass is 152 g/mol. The van der Waals surface area contributed by atoms with Gasteiger partial charge in [0.25, 0.3) is 0 Å². The Morgan fingerprint density at radius 1 is 1.44 bits per heavy atom. The summed E-state index contributed by atoms with van der Waals surface area (Å²) in [6.45, 7) is -0.00733. The van der Waals surface area contributed by atoms with Crippen molar-refractivity contribution in [1.82, 2.24) is 0 Å². The molecule has 0 bridgehead atoms. The SMILES string of the molecule is COCC(OC)=S(=O)=O. The lowest BCUT2D eigenvalue weighted by molar-refractivity contribution is 0.223. The van der Waals surface area contributed by atoms with Gasteiger partial charge in [0.1, 0.15) is 6.61 Å². The smallest absolute Gasteiger partial charge is 0.243 e. The third kappa shape index (κ3) is 3.23. The molecule has 0 aromatic rings. The number of ether oxygens (including phenoxy) is 2. The predicted octanol–water partition coefficient (Wildman–Crippen LogP) is -0.712. The minimum Gasteiger partial charge on any atom is -0.377 e. The van der Waals surface area contributed by atoms with Crippen molar-refractivity contribution in [3.63, 3.8) is 0 Å². The molecule has 5 heteroatoms. The van der Waals surface area contributed by atoms with Crippen LogP contribution in [0.15, 0.2) is 0 Å². The zero-order valence-corrected chi connectivity index (χ0v) is 6.06. The largest absolute Gasteiger partial charge is 0.377 e. The van der Waals surface area contributed by atoms with Gasteiger partial charge in [0.05, 0.1) is 0 Å². The van der Waals surface area contributed by atoms with Gasteiger partial charge in [0.15, 0.2) is 5.05 Å². The molecule has 0 aromatic carbocycles. The lowest BCUT2D eigenvalue weighted by Gasteiger charge is -1.94. The first kappa shape index (κ1) is 8.61. The van der Waals surface area contributed by atoms with Crippen LogP contribution in [0.3, 0.4) is 0 Å². The Morgan fingerprint density at radius 2 is 2.00 bits per heavy atom. The lowest BCUT2D eigenvalue weighted by Crippen LogP contribution is -2.09. The van der Waals surface area contributed by atoms with Gasteiger partial charge in [0, 0.05) is 14.2 Å². The van der Waals surface area contributed by atoms with Gasteiger partial charge in [-0.05, 0) is 0 Å². The maximum Gasteiger partial charge on any atom is 0.243 e. The molecule has 0 saturated heterocycles. The van der Waals surface area contributed by atoms with Gasteiger partial charge < -0.3 is 9.47 Å². The van der Waals surface area contributed by atoms with Crippen molar-refractivity contribution in [3.8, 4) is 0 Å². The summed E-state index contributed by atoms with van der Waals surface area (Å²) in [5.74, 6) is 0. The maximum absolute atomic E-state index is 10.1. The van der Waals surface area contributed by atoms with Crippen LogP contribution in [-0.2, 0) is 19.8 Å². The second-order valence-electron chi connectivity index (χ2n) is 1.24. The topological polar surface area (TPSA) is 52.6 Å². The van der Waals surface area contributed by atoms with Crippen LogP contribution < -0.4 is 0 Å². The minimum absolute atomic E-state index is 0.00733. The second kappa shape index (κ2) is 4.49. The number of methoxy groups -OCH3 is 2. The summed E-state index contributed by atoms with van der Waals surface area (Å²) in [6.07, 6.45) is 0. The normalized spacial score (nSPS) is 9.11. The highest BCUT2D eigenvalue weighted by Crippen LogP contribution is 1.75. The molecule has 0 aliphatic heterocycles. The molecule has 0 fully saturated rings. The van der Waals surface area contributed by atoms with E-state index in [1.165, 1.54) is 14.2 Å². The van der Waals surface area contributed by atoms with Gasteiger partial charge >= 0.3 is 0 Å². The van der Waals surface area contributed by atoms with E-state index in [1.807, 2.05) is 0 Å². The first-order chi connectivity index (χ1) is 4.22. The van der Waals surface area contributed by atoms with Crippen LogP contribution in [0.2, 0.25) is 0 Å². The summed E-state index contributed by atoms with van der Waals surface area (Å²) in [6, 6.07) is 0. The van der Waals surface area contributed by atoms with Gasteiger partial charge in [-0.1, -0.05) is 0 Å². The molecule has 0 unspecified atom stereocenters. The molecule has 0 aliphatic carbocycles. The molecular formula is C4H8O4S. The fourth-order valence-electron chi connectivity index (χ4n) is 0.293. The van der Waals surface area contributed by atoms with Crippen LogP contribution in [0.1, 0.15) is 0 Å². The Hall–Kier alpha value is -0.390. The van der Waals surface area contributed by atoms with Gasteiger partial charge in [-0.15, -0.1) is 0 Å². The summed E-state index contributed by atoms with van der Waals surface area (Å²) < 4.78 is 29.1. The number of rotatable bonds is 2. The Bertz CT molecular complexity index is 183. The molecule has 4 nitrogen and oxygen atoms in total. The molecule has 0 spiro atoms. The van der Waals surface area contributed by atoms with Gasteiger partial charge in [-0.2, -0.15) is 8.42 Å². The van der Waals surface area contributed by atoms with E-state index in [-0.39, 0.29) is 11.7 Å². The highest BCUT2D eigenvalue weighted by atomic mass is 32.2. The molecule has 0 heterocycles. The van der Waals surface area contributed by atoms with Crippen molar-refractivity contribution in [1.29, 1.82) is 0 Å². The number of hydrogen-bond donors (Lipinski definition) is 0. The van der Waals surface area contributed by atoms with Crippen LogP contribution in [-0.4, -0.2) is 34.3 Å². The van der Waals surface area contributed by atoms with E-state index in [0.717, 1.165) is 0 Å². The van der Waals surface area contributed by atoms with Crippen molar-refractivity contribution >= 4 is 15.3 Å². The first-order valence-corrected chi connectivity index (χ1v) is 3.28. The van der Waals surface area contributed by atoms with Crippen molar-refractivity contribution in [3.05, 3.63) is 0 Å². The zero-order chi connectivity index (χ0) is 7.28. The molecule has 0 amide bonds. The summed E-state index contributed by atoms with van der Waals surface area (Å²) in [5, 5.41) is -0.0856. The third-order valence-corrected chi connectivity index (χ3v) is 1.33. The third-order valence-electron chi connectivity index (χ3n) is 0.676. The molecule has 9 heavy (non-hydrogen) atoms. The lowest BCUT2D eigenvalue weighted by atomic mass is 10.8. The van der Waals surface area contributed by atoms with Crippen LogP contribution >= 0.6 is 0 Å². The first-order valence-electron chi connectivity index (χ1n) is 2.20. The van der Waals surface area contributed by atoms with Crippen molar-refractivity contribution in [2.45, 2.75) is 0 Å². The average Bonchev–Trinajstić information content (AvgIpc) is 1.82. The van der Waals surface area contributed by atoms with E-state index in [2.05, 4.69) is 9.47 Å². The Morgan fingerprint density at radius 3 is 2.11 bits per heavy atom. The molecule has 0 N–H and O–H groups in total. The quantitative estimate of drug-likeness (QED) is 0.490. The molecule has 0 aliphatic rings. The van der Waals surface area contributed by atoms with Crippen molar-refractivity contribution < 1.29 is 17.9 Å². The molecule has 0 radical (unpaired) electrons. The van der Waals surface area contributed by atoms with Crippen LogP contribution in [0.4, 0.5) is 0 Å². The Kier molecular flexibility index (Phi) is 4.29. The Balaban J connectivity index is 4.18. The highest BCUT2D eigenvalue weighted by Gasteiger charge is 1.95. The molecular weight excluding hydrogens is 144 g/mol. The standard InChI is InChI=1S/C4H8O4S/c1-7-3-4(8-2)9(5)6/h3H2,1-2H3. The van der Waals surface area contributed by atoms with Crippen LogP contribution in [0.25, 0.3) is 0 Å². The molecule has 0 aromatic heterocycles. The number of hydrogen-bond acceptors (Lipinski definition) is 4. The summed E-state index contributed by atoms with van der Waals surface area (Å²) in [5.41, 5.74) is 0. The minimum atomic E-state index is -2.28. The maximum atomic E-state index is 10.1. The van der Waals surface area contributed by atoms with Crippen LogP contribution in [0.5, 0.6) is 0 Å². The second-order valence-corrected chi connectivity index (χ2v) is 2.17. The van der Waals surface area contributed by atoms with E-state index in [1.54, 1.807) is 0 Å². The van der Waals surface area contributed by atoms with Crippen molar-refractivity contribution in [2.75, 3.05) is 20.8 Å². The van der Waals surface area contributed by atoms with Gasteiger partial charge in [0.2, 0.25) is 10.3 Å².